The van der Waals surface area contributed by atoms with Gasteiger partial charge in [0.1, 0.15) is 4.88 Å². The van der Waals surface area contributed by atoms with Crippen molar-refractivity contribution >= 4 is 17.3 Å². The normalized spacial score (nSPS) is 10.6. The summed E-state index contributed by atoms with van der Waals surface area (Å²) in [6.45, 7) is 6.60. The molecule has 0 saturated carbocycles. The van der Waals surface area contributed by atoms with Gasteiger partial charge in [0.2, 0.25) is 0 Å². The van der Waals surface area contributed by atoms with Crippen molar-refractivity contribution in [3.05, 3.63) is 21.9 Å². The molecule has 78 valence electrons. The molecule has 0 aliphatic rings. The van der Waals surface area contributed by atoms with Gasteiger partial charge >= 0.3 is 5.97 Å². The van der Waals surface area contributed by atoms with E-state index < -0.39 is 0 Å². The molecule has 0 aliphatic carbocycles. The van der Waals surface area contributed by atoms with Crippen LogP contribution in [-0.2, 0) is 11.2 Å². The molecule has 0 atom stereocenters. The second-order valence-electron chi connectivity index (χ2n) is 3.58. The van der Waals surface area contributed by atoms with E-state index in [1.54, 1.807) is 0 Å². The Kier molecular flexibility index (Phi) is 4.14. The van der Waals surface area contributed by atoms with Gasteiger partial charge in [0, 0.05) is 4.88 Å². The molecular weight excluding hydrogens is 196 g/mol. The Hall–Kier alpha value is -0.830. The molecule has 0 unspecified atom stereocenters. The molecular formula is C11H16O2S. The molecule has 1 aromatic rings. The zero-order chi connectivity index (χ0) is 10.6. The fraction of sp³-hybridized carbons (Fsp3) is 0.545. The van der Waals surface area contributed by atoms with Gasteiger partial charge in [-0.15, -0.1) is 11.3 Å². The van der Waals surface area contributed by atoms with Gasteiger partial charge in [-0.3, -0.25) is 0 Å². The van der Waals surface area contributed by atoms with E-state index in [2.05, 4.69) is 13.8 Å². The maximum atomic E-state index is 11.3. The van der Waals surface area contributed by atoms with Crippen LogP contribution in [0, 0.1) is 5.92 Å². The van der Waals surface area contributed by atoms with E-state index in [1.165, 1.54) is 16.2 Å². The molecule has 1 aromatic heterocycles. The minimum atomic E-state index is -0.201. The molecule has 0 bridgehead atoms. The van der Waals surface area contributed by atoms with Crippen molar-refractivity contribution in [2.24, 2.45) is 5.92 Å². The first-order chi connectivity index (χ1) is 6.63. The minimum Gasteiger partial charge on any atom is -0.462 e. The smallest absolute Gasteiger partial charge is 0.348 e. The van der Waals surface area contributed by atoms with Gasteiger partial charge in [-0.25, -0.2) is 4.79 Å². The fourth-order valence-electron chi connectivity index (χ4n) is 1.20. The molecule has 0 aromatic carbocycles. The standard InChI is InChI=1S/C11H16O2S/c1-4-13-11(12)10-6-5-9(14-10)7-8(2)3/h5-6,8H,4,7H2,1-3H3. The Morgan fingerprint density at radius 3 is 2.79 bits per heavy atom. The van der Waals surface area contributed by atoms with Gasteiger partial charge in [-0.2, -0.15) is 0 Å². The Morgan fingerprint density at radius 2 is 2.21 bits per heavy atom. The van der Waals surface area contributed by atoms with Crippen LogP contribution in [0.2, 0.25) is 0 Å². The summed E-state index contributed by atoms with van der Waals surface area (Å²) in [6, 6.07) is 3.86. The Morgan fingerprint density at radius 1 is 1.50 bits per heavy atom. The van der Waals surface area contributed by atoms with E-state index in [1.807, 2.05) is 19.1 Å². The van der Waals surface area contributed by atoms with E-state index >= 15 is 0 Å². The Bertz CT molecular complexity index is 302. The molecule has 0 radical (unpaired) electrons. The van der Waals surface area contributed by atoms with Crippen LogP contribution in [0.4, 0.5) is 0 Å². The average Bonchev–Trinajstić information content (AvgIpc) is 2.52. The molecule has 0 fully saturated rings. The third-order valence-corrected chi connectivity index (χ3v) is 2.84. The van der Waals surface area contributed by atoms with E-state index in [0.717, 1.165) is 6.42 Å². The topological polar surface area (TPSA) is 26.3 Å². The molecule has 0 amide bonds. The lowest BCUT2D eigenvalue weighted by molar-refractivity contribution is 0.0532. The largest absolute Gasteiger partial charge is 0.462 e. The summed E-state index contributed by atoms with van der Waals surface area (Å²) in [4.78, 5) is 13.3. The monoisotopic (exact) mass is 212 g/mol. The maximum absolute atomic E-state index is 11.3. The first-order valence-corrected chi connectivity index (χ1v) is 5.71. The zero-order valence-corrected chi connectivity index (χ0v) is 9.69. The number of carbonyl (C=O) groups excluding carboxylic acids is 1. The molecule has 14 heavy (non-hydrogen) atoms. The molecule has 1 heterocycles. The minimum absolute atomic E-state index is 0.201. The number of hydrogen-bond donors (Lipinski definition) is 0. The molecule has 0 spiro atoms. The summed E-state index contributed by atoms with van der Waals surface area (Å²) < 4.78 is 4.92. The molecule has 3 heteroatoms. The second-order valence-corrected chi connectivity index (χ2v) is 4.75. The summed E-state index contributed by atoms with van der Waals surface area (Å²) in [5.74, 6) is 0.427. The first kappa shape index (κ1) is 11.2. The first-order valence-electron chi connectivity index (χ1n) is 4.89. The van der Waals surface area contributed by atoms with Gasteiger partial charge in [-0.1, -0.05) is 13.8 Å². The zero-order valence-electron chi connectivity index (χ0n) is 8.87. The number of carbonyl (C=O) groups is 1. The Balaban J connectivity index is 2.63. The van der Waals surface area contributed by atoms with E-state index in [0.29, 0.717) is 17.4 Å². The average molecular weight is 212 g/mol. The highest BCUT2D eigenvalue weighted by atomic mass is 32.1. The number of thiophene rings is 1. The number of hydrogen-bond acceptors (Lipinski definition) is 3. The molecule has 0 aliphatic heterocycles. The van der Waals surface area contributed by atoms with Gasteiger partial charge in [-0.05, 0) is 31.4 Å². The second kappa shape index (κ2) is 5.15. The summed E-state index contributed by atoms with van der Waals surface area (Å²) in [5, 5.41) is 0. The predicted octanol–water partition coefficient (Wildman–Crippen LogP) is 3.12. The lowest BCUT2D eigenvalue weighted by atomic mass is 10.1. The third kappa shape index (κ3) is 3.14. The summed E-state index contributed by atoms with van der Waals surface area (Å²) >= 11 is 1.53. The highest BCUT2D eigenvalue weighted by Gasteiger charge is 2.10. The van der Waals surface area contributed by atoms with Crippen LogP contribution in [0.3, 0.4) is 0 Å². The molecule has 0 N–H and O–H groups in total. The van der Waals surface area contributed by atoms with Gasteiger partial charge < -0.3 is 4.74 Å². The highest BCUT2D eigenvalue weighted by Crippen LogP contribution is 2.20. The summed E-state index contributed by atoms with van der Waals surface area (Å²) in [7, 11) is 0. The van der Waals surface area contributed by atoms with Crippen molar-refractivity contribution in [2.45, 2.75) is 27.2 Å². The predicted molar refractivity (Wildman–Crippen MR) is 58.8 cm³/mol. The van der Waals surface area contributed by atoms with Crippen LogP contribution in [0.25, 0.3) is 0 Å². The third-order valence-electron chi connectivity index (χ3n) is 1.75. The summed E-state index contributed by atoms with van der Waals surface area (Å²) in [5.41, 5.74) is 0. The maximum Gasteiger partial charge on any atom is 0.348 e. The lowest BCUT2D eigenvalue weighted by Gasteiger charge is -2.00. The van der Waals surface area contributed by atoms with Crippen LogP contribution >= 0.6 is 11.3 Å². The molecule has 2 nitrogen and oxygen atoms in total. The van der Waals surface area contributed by atoms with Crippen LogP contribution in [-0.4, -0.2) is 12.6 Å². The molecule has 0 saturated heterocycles. The van der Waals surface area contributed by atoms with Crippen molar-refractivity contribution in [2.75, 3.05) is 6.61 Å². The lowest BCUT2D eigenvalue weighted by Crippen LogP contribution is -2.01. The van der Waals surface area contributed by atoms with Crippen molar-refractivity contribution in [3.63, 3.8) is 0 Å². The van der Waals surface area contributed by atoms with Gasteiger partial charge in [0.15, 0.2) is 0 Å². The van der Waals surface area contributed by atoms with Crippen LogP contribution in [0.1, 0.15) is 35.3 Å². The van der Waals surface area contributed by atoms with E-state index in [4.69, 9.17) is 4.74 Å². The van der Waals surface area contributed by atoms with Crippen LogP contribution < -0.4 is 0 Å². The number of rotatable bonds is 4. The number of esters is 1. The Labute approximate surface area is 88.9 Å². The quantitative estimate of drug-likeness (QED) is 0.717. The fourth-order valence-corrected chi connectivity index (χ4v) is 2.32. The highest BCUT2D eigenvalue weighted by molar-refractivity contribution is 7.13. The number of ether oxygens (including phenoxy) is 1. The van der Waals surface area contributed by atoms with Crippen LogP contribution in [0.15, 0.2) is 12.1 Å². The SMILES string of the molecule is CCOC(=O)c1ccc(CC(C)C)s1. The van der Waals surface area contributed by atoms with E-state index in [-0.39, 0.29) is 5.97 Å². The van der Waals surface area contributed by atoms with Crippen molar-refractivity contribution in [3.8, 4) is 0 Å². The van der Waals surface area contributed by atoms with E-state index in [9.17, 15) is 4.79 Å². The van der Waals surface area contributed by atoms with Gasteiger partial charge in [0.25, 0.3) is 0 Å². The van der Waals surface area contributed by atoms with Crippen LogP contribution in [0.5, 0.6) is 0 Å². The van der Waals surface area contributed by atoms with Crippen molar-refractivity contribution in [1.82, 2.24) is 0 Å². The van der Waals surface area contributed by atoms with Gasteiger partial charge in [0.05, 0.1) is 6.61 Å². The van der Waals surface area contributed by atoms with Crippen molar-refractivity contribution in [1.29, 1.82) is 0 Å². The van der Waals surface area contributed by atoms with Crippen molar-refractivity contribution < 1.29 is 9.53 Å². The summed E-state index contributed by atoms with van der Waals surface area (Å²) in [6.07, 6.45) is 1.03. The molecule has 1 rings (SSSR count).